The summed E-state index contributed by atoms with van der Waals surface area (Å²) in [5.41, 5.74) is -4.52. The number of nitrogens with one attached hydrogen (secondary N) is 2. The molecule has 0 spiro atoms. The normalized spacial score (nSPS) is 39.7. The quantitative estimate of drug-likeness (QED) is 0.416. The summed E-state index contributed by atoms with van der Waals surface area (Å²) in [6, 6.07) is 0. The molecule has 0 aromatic heterocycles. The summed E-state index contributed by atoms with van der Waals surface area (Å²) in [5.74, 6) is -2.30. The summed E-state index contributed by atoms with van der Waals surface area (Å²) >= 11 is 0. The molecule has 4 saturated heterocycles. The molecule has 3 N–H and O–H groups in total. The maximum absolute atomic E-state index is 13.1. The Morgan fingerprint density at radius 3 is 2.44 bits per heavy atom. The molecule has 4 atom stereocenters. The van der Waals surface area contributed by atoms with Crippen LogP contribution in [0.1, 0.15) is 27.2 Å². The number of rotatable bonds is 4. The fourth-order valence-electron chi connectivity index (χ4n) is 3.85. The second-order valence-electron chi connectivity index (χ2n) is 7.74. The standard InChI is InChI=1S/C17H27N3O7/c1-10-7-8-25-17(11(21)15(4)9-26-14(2,3)27-15)13(23)18-16(10,12(22)19-17)20(5)24-6/h11,21H,1,7-9H2,2-6H3,(H,18,23)(H,19,22)/t11-,15+,16+,17-/m0/s1. The number of carbonyl (C=O) groups is 2. The van der Waals surface area contributed by atoms with Gasteiger partial charge in [-0.2, -0.15) is 5.06 Å². The van der Waals surface area contributed by atoms with Crippen LogP contribution in [0.25, 0.3) is 0 Å². The van der Waals surface area contributed by atoms with Crippen LogP contribution in [0.2, 0.25) is 0 Å². The third-order valence-electron chi connectivity index (χ3n) is 5.40. The van der Waals surface area contributed by atoms with Gasteiger partial charge in [0, 0.05) is 7.05 Å². The highest BCUT2D eigenvalue weighted by Crippen LogP contribution is 2.40. The molecule has 0 aromatic rings. The van der Waals surface area contributed by atoms with Gasteiger partial charge in [-0.05, 0) is 32.8 Å². The van der Waals surface area contributed by atoms with Crippen LogP contribution >= 0.6 is 0 Å². The molecular formula is C17H27N3O7. The molecule has 2 bridgehead atoms. The van der Waals surface area contributed by atoms with Gasteiger partial charge in [-0.25, -0.2) is 0 Å². The van der Waals surface area contributed by atoms with Crippen LogP contribution in [0, 0.1) is 0 Å². The minimum Gasteiger partial charge on any atom is -0.384 e. The number of ether oxygens (including phenoxy) is 3. The molecule has 0 aromatic carbocycles. The molecule has 4 aliphatic rings. The van der Waals surface area contributed by atoms with Gasteiger partial charge in [-0.3, -0.25) is 14.4 Å². The molecule has 4 heterocycles. The fourth-order valence-corrected chi connectivity index (χ4v) is 3.85. The first-order valence-corrected chi connectivity index (χ1v) is 8.71. The second kappa shape index (κ2) is 6.23. The summed E-state index contributed by atoms with van der Waals surface area (Å²) in [5, 5.41) is 17.5. The smallest absolute Gasteiger partial charge is 0.278 e. The zero-order valence-corrected chi connectivity index (χ0v) is 16.2. The third-order valence-corrected chi connectivity index (χ3v) is 5.40. The van der Waals surface area contributed by atoms with Gasteiger partial charge < -0.3 is 30.0 Å². The summed E-state index contributed by atoms with van der Waals surface area (Å²) < 4.78 is 17.1. The van der Waals surface area contributed by atoms with E-state index in [2.05, 4.69) is 17.2 Å². The van der Waals surface area contributed by atoms with Crippen molar-refractivity contribution in [2.45, 2.75) is 56.1 Å². The number of carbonyl (C=O) groups excluding carboxylic acids is 2. The molecule has 4 rings (SSSR count). The van der Waals surface area contributed by atoms with Gasteiger partial charge in [0.2, 0.25) is 5.66 Å². The maximum Gasteiger partial charge on any atom is 0.278 e. The van der Waals surface area contributed by atoms with E-state index in [0.29, 0.717) is 5.57 Å². The van der Waals surface area contributed by atoms with Gasteiger partial charge in [-0.15, -0.1) is 0 Å². The maximum atomic E-state index is 13.1. The molecule has 2 amide bonds. The topological polar surface area (TPSA) is 119 Å². The first-order valence-electron chi connectivity index (χ1n) is 8.71. The lowest BCUT2D eigenvalue weighted by atomic mass is 9.84. The van der Waals surface area contributed by atoms with E-state index in [0.717, 1.165) is 0 Å². The molecule has 10 nitrogen and oxygen atoms in total. The first kappa shape index (κ1) is 20.2. The number of amides is 2. The van der Waals surface area contributed by atoms with Gasteiger partial charge >= 0.3 is 0 Å². The van der Waals surface area contributed by atoms with Crippen LogP contribution < -0.4 is 10.6 Å². The minimum absolute atomic E-state index is 0.0191. The average molecular weight is 385 g/mol. The Bertz CT molecular complexity index is 683. The van der Waals surface area contributed by atoms with Gasteiger partial charge in [0.05, 0.1) is 20.3 Å². The van der Waals surface area contributed by atoms with Gasteiger partial charge in [0.1, 0.15) is 11.7 Å². The zero-order valence-electron chi connectivity index (χ0n) is 16.2. The number of likely N-dealkylation sites (N-methyl/N-ethyl adjacent to an activating group) is 1. The Kier molecular flexibility index (Phi) is 4.65. The van der Waals surface area contributed by atoms with Crippen molar-refractivity contribution in [2.24, 2.45) is 0 Å². The second-order valence-corrected chi connectivity index (χ2v) is 7.74. The number of fused-ring (bicyclic) bond motifs is 5. The van der Waals surface area contributed by atoms with E-state index in [-0.39, 0.29) is 19.6 Å². The number of hydroxylamine groups is 2. The first-order chi connectivity index (χ1) is 12.4. The van der Waals surface area contributed by atoms with E-state index in [1.807, 2.05) is 0 Å². The van der Waals surface area contributed by atoms with Crippen LogP contribution in [0.5, 0.6) is 0 Å². The van der Waals surface area contributed by atoms with E-state index in [1.54, 1.807) is 20.8 Å². The highest BCUT2D eigenvalue weighted by Gasteiger charge is 2.66. The Hall–Kier alpha value is -1.56. The van der Waals surface area contributed by atoms with E-state index in [1.165, 1.54) is 19.2 Å². The minimum atomic E-state index is -2.03. The van der Waals surface area contributed by atoms with Crippen molar-refractivity contribution < 1.29 is 33.7 Å². The summed E-state index contributed by atoms with van der Waals surface area (Å²) in [4.78, 5) is 31.4. The molecule has 0 radical (unpaired) electrons. The van der Waals surface area contributed by atoms with Crippen molar-refractivity contribution in [3.63, 3.8) is 0 Å². The molecule has 27 heavy (non-hydrogen) atoms. The molecule has 0 aliphatic carbocycles. The highest BCUT2D eigenvalue weighted by atomic mass is 16.8. The summed E-state index contributed by atoms with van der Waals surface area (Å²) in [6.07, 6.45) is -1.26. The molecule has 0 saturated carbocycles. The summed E-state index contributed by atoms with van der Waals surface area (Å²) in [7, 11) is 2.88. The van der Waals surface area contributed by atoms with Crippen LogP contribution in [-0.4, -0.2) is 78.2 Å². The van der Waals surface area contributed by atoms with Crippen LogP contribution in [0.15, 0.2) is 12.2 Å². The Labute approximate surface area is 157 Å². The predicted molar refractivity (Wildman–Crippen MR) is 91.8 cm³/mol. The predicted octanol–water partition coefficient (Wildman–Crippen LogP) is -1.00. The molecule has 10 heteroatoms. The molecule has 0 unspecified atom stereocenters. The van der Waals surface area contributed by atoms with Gasteiger partial charge in [-0.1, -0.05) is 6.58 Å². The molecule has 4 fully saturated rings. The Balaban J connectivity index is 2.01. The van der Waals surface area contributed by atoms with Crippen molar-refractivity contribution in [1.29, 1.82) is 0 Å². The highest BCUT2D eigenvalue weighted by molar-refractivity contribution is 6.03. The van der Waals surface area contributed by atoms with Crippen molar-refractivity contribution in [3.05, 3.63) is 12.2 Å². The third kappa shape index (κ3) is 2.79. The SMILES string of the molecule is C=C1CCO[C@]2([C@@H](O)[C@@]3(C)COC(C)(C)O3)NC(=O)[C@@]1(N(C)OC)NC2=O. The number of hydrogen-bond donors (Lipinski definition) is 3. The lowest BCUT2D eigenvalue weighted by Gasteiger charge is -2.53. The number of aliphatic hydroxyl groups excluding tert-OH is 1. The van der Waals surface area contributed by atoms with Gasteiger partial charge in [0.15, 0.2) is 5.79 Å². The number of hydrogen-bond acceptors (Lipinski definition) is 8. The number of aliphatic hydroxyl groups is 1. The van der Waals surface area contributed by atoms with Crippen molar-refractivity contribution in [3.8, 4) is 0 Å². The Morgan fingerprint density at radius 2 is 1.89 bits per heavy atom. The molecule has 4 aliphatic heterocycles. The van der Waals surface area contributed by atoms with Crippen LogP contribution in [0.4, 0.5) is 0 Å². The number of nitrogens with zero attached hydrogens (tertiary/aromatic N) is 1. The Morgan fingerprint density at radius 1 is 1.22 bits per heavy atom. The van der Waals surface area contributed by atoms with Crippen molar-refractivity contribution in [2.75, 3.05) is 27.4 Å². The van der Waals surface area contributed by atoms with Crippen LogP contribution in [-0.2, 0) is 28.6 Å². The number of piperazine rings is 1. The fraction of sp³-hybridized carbons (Fsp3) is 0.765. The van der Waals surface area contributed by atoms with E-state index in [4.69, 9.17) is 19.0 Å². The van der Waals surface area contributed by atoms with Crippen molar-refractivity contribution >= 4 is 11.8 Å². The zero-order chi connectivity index (χ0) is 20.3. The van der Waals surface area contributed by atoms with Gasteiger partial charge in [0.25, 0.3) is 17.5 Å². The monoisotopic (exact) mass is 385 g/mol. The lowest BCUT2D eigenvalue weighted by Crippen LogP contribution is -2.85. The van der Waals surface area contributed by atoms with E-state index in [9.17, 15) is 14.7 Å². The van der Waals surface area contributed by atoms with Crippen LogP contribution in [0.3, 0.4) is 0 Å². The van der Waals surface area contributed by atoms with E-state index >= 15 is 0 Å². The van der Waals surface area contributed by atoms with E-state index < -0.39 is 40.7 Å². The van der Waals surface area contributed by atoms with Crippen molar-refractivity contribution in [1.82, 2.24) is 15.7 Å². The molecule has 152 valence electrons. The lowest BCUT2D eigenvalue weighted by molar-refractivity contribution is -0.249. The molecular weight excluding hydrogens is 358 g/mol. The summed E-state index contributed by atoms with van der Waals surface area (Å²) in [6.45, 7) is 8.99. The average Bonchev–Trinajstić information content (AvgIpc) is 2.89. The largest absolute Gasteiger partial charge is 0.384 e.